The number of esters is 1. The van der Waals surface area contributed by atoms with Gasteiger partial charge in [0.15, 0.2) is 0 Å². The summed E-state index contributed by atoms with van der Waals surface area (Å²) in [7, 11) is -2.08. The molecule has 9 nitrogen and oxygen atoms in total. The van der Waals surface area contributed by atoms with E-state index in [0.717, 1.165) is 55.3 Å². The summed E-state index contributed by atoms with van der Waals surface area (Å²) in [5.74, 6) is 0.964. The first-order valence-corrected chi connectivity index (χ1v) is 20.2. The van der Waals surface area contributed by atoms with Crippen LogP contribution in [0.1, 0.15) is 122 Å². The van der Waals surface area contributed by atoms with Gasteiger partial charge in [0, 0.05) is 24.0 Å². The number of nitrogens with one attached hydrogen (secondary N) is 1. The Morgan fingerprint density at radius 3 is 1.49 bits per heavy atom. The van der Waals surface area contributed by atoms with Gasteiger partial charge < -0.3 is 15.8 Å². The lowest BCUT2D eigenvalue weighted by Crippen LogP contribution is -2.24. The molecule has 0 saturated heterocycles. The van der Waals surface area contributed by atoms with Gasteiger partial charge in [-0.15, -0.1) is 9.05 Å². The van der Waals surface area contributed by atoms with Crippen LogP contribution in [0.4, 0.5) is 0 Å². The molecule has 0 saturated carbocycles. The fourth-order valence-electron chi connectivity index (χ4n) is 4.91. The van der Waals surface area contributed by atoms with Crippen LogP contribution in [0.25, 0.3) is 0 Å². The van der Waals surface area contributed by atoms with Crippen LogP contribution in [0, 0.1) is 11.8 Å². The highest BCUT2D eigenvalue weighted by atomic mass is 31.1. The third-order valence-electron chi connectivity index (χ3n) is 7.92. The summed E-state index contributed by atoms with van der Waals surface area (Å²) in [6.07, 6.45) is 11.7. The highest BCUT2D eigenvalue weighted by Gasteiger charge is 2.20. The van der Waals surface area contributed by atoms with E-state index in [1.807, 2.05) is 91.0 Å². The zero-order valence-electron chi connectivity index (χ0n) is 32.9. The Kier molecular flexibility index (Phi) is 32.5. The second-order valence-electron chi connectivity index (χ2n) is 13.0. The lowest BCUT2D eigenvalue weighted by Gasteiger charge is -2.17. The van der Waals surface area contributed by atoms with E-state index in [1.54, 1.807) is 0 Å². The molecule has 2 unspecified atom stereocenters. The zero-order valence-corrected chi connectivity index (χ0v) is 33.8. The summed E-state index contributed by atoms with van der Waals surface area (Å²) in [5, 5.41) is 2.96. The zero-order chi connectivity index (χ0) is 39.4. The predicted molar refractivity (Wildman–Crippen MR) is 216 cm³/mol. The van der Waals surface area contributed by atoms with E-state index in [-0.39, 0.29) is 18.3 Å². The molecule has 2 amide bonds. The van der Waals surface area contributed by atoms with Crippen molar-refractivity contribution in [3.8, 4) is 0 Å². The highest BCUT2D eigenvalue weighted by molar-refractivity contribution is 7.33. The van der Waals surface area contributed by atoms with E-state index in [0.29, 0.717) is 44.5 Å². The Labute approximate surface area is 320 Å². The first-order valence-electron chi connectivity index (χ1n) is 19.1. The molecule has 3 N–H and O–H groups in total. The summed E-state index contributed by atoms with van der Waals surface area (Å²) in [4.78, 5) is 32.2. The van der Waals surface area contributed by atoms with Crippen molar-refractivity contribution in [2.75, 3.05) is 6.54 Å². The second-order valence-corrected chi connectivity index (χ2v) is 13.9. The molecule has 0 aliphatic rings. The van der Waals surface area contributed by atoms with Crippen LogP contribution >= 0.6 is 8.25 Å². The summed E-state index contributed by atoms with van der Waals surface area (Å²) in [6, 6.07) is 28.9. The fourth-order valence-corrected chi connectivity index (χ4v) is 5.49. The van der Waals surface area contributed by atoms with E-state index in [4.69, 9.17) is 18.6 Å². The maximum atomic E-state index is 11.9. The SMILES string of the molecule is CCCCCC.CCCCNC(=O)CCC(C)CC(C)CCC(=O)OCc1ccccc1.NC=O.O=[P+](OCc1ccccc1)OCc1ccccc1. The highest BCUT2D eigenvalue weighted by Crippen LogP contribution is 2.27. The van der Waals surface area contributed by atoms with Crippen LogP contribution in [0.5, 0.6) is 0 Å². The van der Waals surface area contributed by atoms with Crippen molar-refractivity contribution in [1.29, 1.82) is 0 Å². The summed E-state index contributed by atoms with van der Waals surface area (Å²) in [6.45, 7) is 12.7. The van der Waals surface area contributed by atoms with E-state index >= 15 is 0 Å². The monoisotopic (exact) mass is 753 g/mol. The molecule has 0 radical (unpaired) electrons. The van der Waals surface area contributed by atoms with Crippen molar-refractivity contribution in [1.82, 2.24) is 5.32 Å². The van der Waals surface area contributed by atoms with Gasteiger partial charge in [-0.2, -0.15) is 0 Å². The molecule has 0 bridgehead atoms. The van der Waals surface area contributed by atoms with Gasteiger partial charge >= 0.3 is 14.2 Å². The normalized spacial score (nSPS) is 11.1. The van der Waals surface area contributed by atoms with Crippen LogP contribution < -0.4 is 11.1 Å². The number of ether oxygens (including phenoxy) is 1. The van der Waals surface area contributed by atoms with Crippen molar-refractivity contribution in [2.45, 2.75) is 125 Å². The minimum absolute atomic E-state index is 0.136. The van der Waals surface area contributed by atoms with Crippen LogP contribution in [-0.2, 0) is 52.6 Å². The van der Waals surface area contributed by atoms with Gasteiger partial charge in [-0.05, 0) is 54.2 Å². The Morgan fingerprint density at radius 1 is 0.679 bits per heavy atom. The van der Waals surface area contributed by atoms with Gasteiger partial charge in [0.25, 0.3) is 0 Å². The maximum absolute atomic E-state index is 11.9. The van der Waals surface area contributed by atoms with Gasteiger partial charge in [0.05, 0.1) is 0 Å². The lowest BCUT2D eigenvalue weighted by molar-refractivity contribution is -0.145. The van der Waals surface area contributed by atoms with Gasteiger partial charge in [-0.3, -0.25) is 14.4 Å². The summed E-state index contributed by atoms with van der Waals surface area (Å²) in [5.41, 5.74) is 7.13. The quantitative estimate of drug-likeness (QED) is 0.0451. The number of unbranched alkanes of at least 4 members (excludes halogenated alkanes) is 4. The number of carbonyl (C=O) groups excluding carboxylic acids is 3. The smallest absolute Gasteiger partial charge is 0.461 e. The molecule has 0 heterocycles. The number of rotatable bonds is 22. The second kappa shape index (κ2) is 35.1. The fraction of sp³-hybridized carbons (Fsp3) is 0.512. The predicted octanol–water partition coefficient (Wildman–Crippen LogP) is 10.6. The number of hydrogen-bond donors (Lipinski definition) is 2. The van der Waals surface area contributed by atoms with Crippen LogP contribution in [0.15, 0.2) is 91.0 Å². The molecule has 0 aliphatic carbocycles. The van der Waals surface area contributed by atoms with Gasteiger partial charge in [0.2, 0.25) is 12.3 Å². The summed E-state index contributed by atoms with van der Waals surface area (Å²) >= 11 is 0. The molecule has 2 atom stereocenters. The van der Waals surface area contributed by atoms with Crippen LogP contribution in [-0.4, -0.2) is 24.8 Å². The Morgan fingerprint density at radius 2 is 1.08 bits per heavy atom. The van der Waals surface area contributed by atoms with Crippen LogP contribution in [0.3, 0.4) is 0 Å². The largest absolute Gasteiger partial charge is 0.698 e. The number of nitrogens with two attached hydrogens (primary N) is 1. The molecular weight excluding hydrogens is 687 g/mol. The Balaban J connectivity index is 0.000000859. The number of benzene rings is 3. The van der Waals surface area contributed by atoms with Crippen molar-refractivity contribution in [2.24, 2.45) is 17.6 Å². The maximum Gasteiger partial charge on any atom is 0.698 e. The van der Waals surface area contributed by atoms with Gasteiger partial charge in [-0.1, -0.05) is 158 Å². The third-order valence-corrected chi connectivity index (χ3v) is 8.60. The van der Waals surface area contributed by atoms with Crippen molar-refractivity contribution in [3.05, 3.63) is 108 Å². The minimum Gasteiger partial charge on any atom is -0.461 e. The average molecular weight is 754 g/mol. The van der Waals surface area contributed by atoms with Crippen LogP contribution in [0.2, 0.25) is 0 Å². The summed E-state index contributed by atoms with van der Waals surface area (Å²) < 4.78 is 27.1. The Hall–Kier alpha value is -3.91. The first kappa shape index (κ1) is 49.1. The van der Waals surface area contributed by atoms with E-state index in [2.05, 4.69) is 45.7 Å². The molecule has 0 fully saturated rings. The molecule has 3 aromatic carbocycles. The Bertz CT molecular complexity index is 1260. The number of carbonyl (C=O) groups is 3. The molecular formula is C43H66N2O7P+. The number of primary amides is 1. The van der Waals surface area contributed by atoms with Crippen molar-refractivity contribution in [3.63, 3.8) is 0 Å². The minimum atomic E-state index is -2.08. The molecule has 3 aromatic rings. The van der Waals surface area contributed by atoms with Crippen molar-refractivity contribution >= 4 is 26.5 Å². The molecule has 0 aliphatic heterocycles. The molecule has 0 spiro atoms. The molecule has 53 heavy (non-hydrogen) atoms. The molecule has 10 heteroatoms. The molecule has 294 valence electrons. The molecule has 0 aromatic heterocycles. The van der Waals surface area contributed by atoms with E-state index in [9.17, 15) is 14.2 Å². The van der Waals surface area contributed by atoms with E-state index in [1.165, 1.54) is 25.7 Å². The lowest BCUT2D eigenvalue weighted by atomic mass is 9.90. The topological polar surface area (TPSA) is 134 Å². The van der Waals surface area contributed by atoms with Gasteiger partial charge in [-0.25, -0.2) is 0 Å². The molecule has 3 rings (SSSR count). The first-order chi connectivity index (χ1) is 25.7. The third kappa shape index (κ3) is 31.3. The van der Waals surface area contributed by atoms with Gasteiger partial charge in [0.1, 0.15) is 19.8 Å². The van der Waals surface area contributed by atoms with Crippen molar-refractivity contribution < 1.29 is 32.7 Å². The van der Waals surface area contributed by atoms with E-state index < -0.39 is 8.25 Å². The number of hydrogen-bond acceptors (Lipinski definition) is 7. The standard InChI is InChI=1S/C22H35NO3.C14H14O3P.C6H14.CH3NO/c1-4-5-15-23-21(24)13-11-18(2)16-19(3)12-14-22(25)26-17-20-9-7-6-8-10-20;15-18(16-11-13-7-3-1-4-8-13)17-12-14-9-5-2-6-10-14;1-3-5-6-4-2;2-1-3/h6-10,18-19H,4-5,11-17H2,1-3H3,(H,23,24);1-10H,11-12H2;3-6H2,1-2H3;1H,(H2,2,3)/q;+1;;. The average Bonchev–Trinajstić information content (AvgIpc) is 3.18. The number of amides is 2.